The second-order valence-corrected chi connectivity index (χ2v) is 5.72. The van der Waals surface area contributed by atoms with Crippen molar-refractivity contribution in [1.29, 1.82) is 0 Å². The van der Waals surface area contributed by atoms with E-state index in [-0.39, 0.29) is 12.4 Å². The van der Waals surface area contributed by atoms with E-state index in [4.69, 9.17) is 0 Å². The number of pyridine rings is 1. The lowest BCUT2D eigenvalue weighted by atomic mass is 10.1. The van der Waals surface area contributed by atoms with Crippen LogP contribution in [0.5, 0.6) is 0 Å². The summed E-state index contributed by atoms with van der Waals surface area (Å²) in [5, 5.41) is 4.99. The van der Waals surface area contributed by atoms with E-state index < -0.39 is 11.1 Å². The first-order valence-electron chi connectivity index (χ1n) is 6.70. The molecular formula is C14H17ClN3O2S-. The largest absolute Gasteiger partial charge is 0.768 e. The molecule has 1 unspecified atom stereocenters. The molecule has 114 valence electrons. The topological polar surface area (TPSA) is 68.3 Å². The van der Waals surface area contributed by atoms with Gasteiger partial charge in [0.1, 0.15) is 5.82 Å². The van der Waals surface area contributed by atoms with Gasteiger partial charge in [-0.15, -0.1) is 12.4 Å². The van der Waals surface area contributed by atoms with Crippen LogP contribution >= 0.6 is 12.4 Å². The highest BCUT2D eigenvalue weighted by Crippen LogP contribution is 2.28. The van der Waals surface area contributed by atoms with Crippen molar-refractivity contribution in [3.63, 3.8) is 0 Å². The van der Waals surface area contributed by atoms with Gasteiger partial charge >= 0.3 is 0 Å². The minimum Gasteiger partial charge on any atom is -0.768 e. The van der Waals surface area contributed by atoms with E-state index in [2.05, 4.69) is 15.2 Å². The first-order chi connectivity index (χ1) is 9.77. The van der Waals surface area contributed by atoms with Gasteiger partial charge in [-0.3, -0.25) is 4.21 Å². The minimum absolute atomic E-state index is 0. The Morgan fingerprint density at radius 2 is 2.05 bits per heavy atom. The standard InChI is InChI=1S/C14H17N3O2S.ClH/c18-20(19)13-4-1-3-12-11(13)5-7-16-14(12)17-9-2-6-15-8-10-17;/h1,3-5,7,15H,2,6,8-10H2,(H,18,19);1H/p-1. The van der Waals surface area contributed by atoms with Gasteiger partial charge in [0.25, 0.3) is 0 Å². The highest BCUT2D eigenvalue weighted by molar-refractivity contribution is 7.79. The molecule has 1 aliphatic rings. The quantitative estimate of drug-likeness (QED) is 0.851. The minimum atomic E-state index is -2.23. The highest BCUT2D eigenvalue weighted by Gasteiger charge is 2.14. The summed E-state index contributed by atoms with van der Waals surface area (Å²) >= 11 is -2.23. The summed E-state index contributed by atoms with van der Waals surface area (Å²) in [6.07, 6.45) is 2.75. The van der Waals surface area contributed by atoms with Gasteiger partial charge in [-0.25, -0.2) is 4.98 Å². The van der Waals surface area contributed by atoms with Gasteiger partial charge in [-0.1, -0.05) is 12.1 Å². The van der Waals surface area contributed by atoms with E-state index in [1.165, 1.54) is 0 Å². The van der Waals surface area contributed by atoms with E-state index in [1.54, 1.807) is 24.4 Å². The van der Waals surface area contributed by atoms with Crippen LogP contribution in [-0.4, -0.2) is 39.9 Å². The Bertz CT molecular complexity index is 645. The predicted molar refractivity (Wildman–Crippen MR) is 85.9 cm³/mol. The average molecular weight is 327 g/mol. The van der Waals surface area contributed by atoms with Crippen LogP contribution in [0.4, 0.5) is 5.82 Å². The van der Waals surface area contributed by atoms with Gasteiger partial charge in [-0.2, -0.15) is 0 Å². The lowest BCUT2D eigenvalue weighted by Crippen LogP contribution is -2.28. The second-order valence-electron chi connectivity index (χ2n) is 4.81. The number of hydrogen-bond acceptors (Lipinski definition) is 5. The Kier molecular flexibility index (Phi) is 5.52. The summed E-state index contributed by atoms with van der Waals surface area (Å²) in [5.41, 5.74) is 0. The fourth-order valence-corrected chi connectivity index (χ4v) is 3.16. The van der Waals surface area contributed by atoms with Crippen LogP contribution in [0.25, 0.3) is 10.8 Å². The zero-order valence-electron chi connectivity index (χ0n) is 11.4. The molecule has 2 aromatic rings. The van der Waals surface area contributed by atoms with Gasteiger partial charge in [-0.05, 0) is 36.2 Å². The maximum atomic E-state index is 11.3. The summed E-state index contributed by atoms with van der Waals surface area (Å²) in [6, 6.07) is 7.10. The average Bonchev–Trinajstić information content (AvgIpc) is 2.74. The molecule has 0 aliphatic carbocycles. The fraction of sp³-hybridized carbons (Fsp3) is 0.357. The van der Waals surface area contributed by atoms with Gasteiger partial charge < -0.3 is 14.8 Å². The molecule has 0 bridgehead atoms. The maximum absolute atomic E-state index is 11.3. The molecule has 0 spiro atoms. The summed E-state index contributed by atoms with van der Waals surface area (Å²) in [7, 11) is 0. The SMILES string of the molecule is Cl.O=S([O-])c1cccc2c(N3CCCNCC3)nccc12. The zero-order chi connectivity index (χ0) is 13.9. The molecule has 1 aliphatic heterocycles. The van der Waals surface area contributed by atoms with Crippen LogP contribution in [0.15, 0.2) is 35.4 Å². The summed E-state index contributed by atoms with van der Waals surface area (Å²) < 4.78 is 22.6. The van der Waals surface area contributed by atoms with Gasteiger partial charge in [0, 0.05) is 41.5 Å². The maximum Gasteiger partial charge on any atom is 0.136 e. The van der Waals surface area contributed by atoms with Gasteiger partial charge in [0.05, 0.1) is 0 Å². The molecular weight excluding hydrogens is 310 g/mol. The van der Waals surface area contributed by atoms with Crippen molar-refractivity contribution in [3.8, 4) is 0 Å². The Hall–Kier alpha value is -1.21. The summed E-state index contributed by atoms with van der Waals surface area (Å²) in [6.45, 7) is 3.75. The molecule has 1 saturated heterocycles. The fourth-order valence-electron chi connectivity index (χ4n) is 2.62. The number of fused-ring (bicyclic) bond motifs is 1. The molecule has 0 saturated carbocycles. The predicted octanol–water partition coefficient (Wildman–Crippen LogP) is 1.69. The normalized spacial score (nSPS) is 17.1. The van der Waals surface area contributed by atoms with E-state index in [0.717, 1.165) is 49.2 Å². The third kappa shape index (κ3) is 3.35. The second kappa shape index (κ2) is 7.17. The Morgan fingerprint density at radius 3 is 2.86 bits per heavy atom. The van der Waals surface area contributed by atoms with Crippen LogP contribution in [-0.2, 0) is 11.1 Å². The third-order valence-corrected chi connectivity index (χ3v) is 4.28. The van der Waals surface area contributed by atoms with Crippen LogP contribution in [0.1, 0.15) is 6.42 Å². The Labute approximate surface area is 132 Å². The smallest absolute Gasteiger partial charge is 0.136 e. The molecule has 2 heterocycles. The number of anilines is 1. The first kappa shape index (κ1) is 16.2. The van der Waals surface area contributed by atoms with Crippen molar-refractivity contribution < 1.29 is 8.76 Å². The highest BCUT2D eigenvalue weighted by atomic mass is 35.5. The molecule has 1 fully saturated rings. The first-order valence-corrected chi connectivity index (χ1v) is 7.77. The number of rotatable bonds is 2. The van der Waals surface area contributed by atoms with Gasteiger partial charge in [0.2, 0.25) is 0 Å². The zero-order valence-corrected chi connectivity index (χ0v) is 13.1. The molecule has 21 heavy (non-hydrogen) atoms. The summed E-state index contributed by atoms with van der Waals surface area (Å²) in [4.78, 5) is 7.02. The Morgan fingerprint density at radius 1 is 1.19 bits per heavy atom. The van der Waals surface area contributed by atoms with Crippen LogP contribution in [0.2, 0.25) is 0 Å². The number of aromatic nitrogens is 1. The molecule has 3 rings (SSSR count). The molecule has 0 radical (unpaired) electrons. The lowest BCUT2D eigenvalue weighted by molar-refractivity contribution is 0.538. The molecule has 1 atom stereocenters. The number of hydrogen-bond donors (Lipinski definition) is 1. The number of nitrogens with zero attached hydrogens (tertiary/aromatic N) is 2. The monoisotopic (exact) mass is 326 g/mol. The number of nitrogens with one attached hydrogen (secondary N) is 1. The third-order valence-electron chi connectivity index (χ3n) is 3.56. The van der Waals surface area contributed by atoms with Crippen molar-refractivity contribution in [2.75, 3.05) is 31.1 Å². The van der Waals surface area contributed by atoms with Crippen molar-refractivity contribution in [3.05, 3.63) is 30.5 Å². The van der Waals surface area contributed by atoms with Crippen LogP contribution in [0, 0.1) is 0 Å². The number of benzene rings is 1. The molecule has 7 heteroatoms. The van der Waals surface area contributed by atoms with E-state index in [9.17, 15) is 8.76 Å². The van der Waals surface area contributed by atoms with Crippen molar-refractivity contribution in [2.24, 2.45) is 0 Å². The van der Waals surface area contributed by atoms with E-state index in [1.807, 2.05) is 6.07 Å². The van der Waals surface area contributed by atoms with Crippen molar-refractivity contribution in [1.82, 2.24) is 10.3 Å². The molecule has 1 aromatic carbocycles. The lowest BCUT2D eigenvalue weighted by Gasteiger charge is -2.23. The van der Waals surface area contributed by atoms with Crippen LogP contribution in [0.3, 0.4) is 0 Å². The number of halogens is 1. The molecule has 1 aromatic heterocycles. The molecule has 1 N–H and O–H groups in total. The summed E-state index contributed by atoms with van der Waals surface area (Å²) in [5.74, 6) is 0.874. The molecule has 5 nitrogen and oxygen atoms in total. The van der Waals surface area contributed by atoms with E-state index >= 15 is 0 Å². The van der Waals surface area contributed by atoms with Crippen molar-refractivity contribution in [2.45, 2.75) is 11.3 Å². The van der Waals surface area contributed by atoms with Crippen LogP contribution < -0.4 is 10.2 Å². The Balaban J connectivity index is 0.00000161. The van der Waals surface area contributed by atoms with Gasteiger partial charge in [0.15, 0.2) is 0 Å². The van der Waals surface area contributed by atoms with E-state index in [0.29, 0.717) is 4.90 Å². The molecule has 0 amide bonds. The van der Waals surface area contributed by atoms with Crippen molar-refractivity contribution >= 4 is 40.1 Å².